The van der Waals surface area contributed by atoms with Crippen LogP contribution in [-0.4, -0.2) is 30.9 Å². The molecule has 0 radical (unpaired) electrons. The third-order valence-corrected chi connectivity index (χ3v) is 3.39. The Morgan fingerprint density at radius 2 is 2.00 bits per heavy atom. The highest BCUT2D eigenvalue weighted by Gasteiger charge is 2.21. The van der Waals surface area contributed by atoms with E-state index >= 15 is 0 Å². The maximum atomic E-state index is 11.7. The largest absolute Gasteiger partial charge is 0.427 e. The molecule has 22 heavy (non-hydrogen) atoms. The first kappa shape index (κ1) is 16.0. The first-order valence-corrected chi connectivity index (χ1v) is 7.42. The van der Waals surface area contributed by atoms with Crippen LogP contribution in [0.5, 0.6) is 5.75 Å². The summed E-state index contributed by atoms with van der Waals surface area (Å²) in [4.78, 5) is 35.7. The van der Waals surface area contributed by atoms with Gasteiger partial charge in [-0.15, -0.1) is 0 Å². The van der Waals surface area contributed by atoms with E-state index in [0.29, 0.717) is 25.1 Å². The van der Waals surface area contributed by atoms with Crippen LogP contribution >= 0.6 is 0 Å². The van der Waals surface area contributed by atoms with Crippen molar-refractivity contribution < 1.29 is 19.1 Å². The molecule has 0 aliphatic carbocycles. The summed E-state index contributed by atoms with van der Waals surface area (Å²) in [6, 6.07) is 6.94. The van der Waals surface area contributed by atoms with E-state index in [9.17, 15) is 14.4 Å². The van der Waals surface area contributed by atoms with Gasteiger partial charge in [-0.3, -0.25) is 14.4 Å². The van der Waals surface area contributed by atoms with Gasteiger partial charge in [0.25, 0.3) is 0 Å². The van der Waals surface area contributed by atoms with Gasteiger partial charge in [-0.05, 0) is 37.1 Å². The average Bonchev–Trinajstić information content (AvgIpc) is 2.90. The fourth-order valence-corrected chi connectivity index (χ4v) is 2.29. The van der Waals surface area contributed by atoms with E-state index in [2.05, 4.69) is 5.32 Å². The van der Waals surface area contributed by atoms with Crippen molar-refractivity contribution in [3.05, 3.63) is 24.3 Å². The van der Waals surface area contributed by atoms with Gasteiger partial charge in [0.1, 0.15) is 5.75 Å². The van der Waals surface area contributed by atoms with E-state index in [0.717, 1.165) is 18.7 Å². The molecule has 0 aromatic heterocycles. The summed E-state index contributed by atoms with van der Waals surface area (Å²) < 4.78 is 5.21. The lowest BCUT2D eigenvalue weighted by Crippen LogP contribution is -2.23. The quantitative estimate of drug-likeness (QED) is 0.492. The number of nitrogens with zero attached hydrogens (tertiary/aromatic N) is 1. The van der Waals surface area contributed by atoms with Gasteiger partial charge in [-0.2, -0.15) is 0 Å². The topological polar surface area (TPSA) is 75.7 Å². The predicted molar refractivity (Wildman–Crippen MR) is 81.6 cm³/mol. The van der Waals surface area contributed by atoms with Crippen LogP contribution in [-0.2, 0) is 14.4 Å². The van der Waals surface area contributed by atoms with Crippen LogP contribution in [0.3, 0.4) is 0 Å². The Hall–Kier alpha value is -2.37. The van der Waals surface area contributed by atoms with Crippen molar-refractivity contribution in [1.29, 1.82) is 0 Å². The van der Waals surface area contributed by atoms with Crippen molar-refractivity contribution in [3.8, 4) is 5.75 Å². The second-order valence-corrected chi connectivity index (χ2v) is 5.20. The van der Waals surface area contributed by atoms with Crippen molar-refractivity contribution in [1.82, 2.24) is 5.32 Å². The highest BCUT2D eigenvalue weighted by atomic mass is 16.5. The SMILES string of the molecule is CC(=O)NCCCC(=O)Oc1ccc(N2CCCC2=O)cc1. The average molecular weight is 304 g/mol. The lowest BCUT2D eigenvalue weighted by molar-refractivity contribution is -0.134. The summed E-state index contributed by atoms with van der Waals surface area (Å²) in [5.41, 5.74) is 0.827. The number of rotatable bonds is 6. The third-order valence-electron chi connectivity index (χ3n) is 3.39. The van der Waals surface area contributed by atoms with Gasteiger partial charge in [0, 0.05) is 38.5 Å². The molecule has 1 N–H and O–H groups in total. The molecular weight excluding hydrogens is 284 g/mol. The molecule has 0 spiro atoms. The summed E-state index contributed by atoms with van der Waals surface area (Å²) in [6.07, 6.45) is 2.25. The molecule has 0 atom stereocenters. The number of ether oxygens (including phenoxy) is 1. The first-order chi connectivity index (χ1) is 10.6. The minimum Gasteiger partial charge on any atom is -0.427 e. The Bertz CT molecular complexity index is 554. The van der Waals surface area contributed by atoms with Gasteiger partial charge in [-0.25, -0.2) is 0 Å². The molecule has 1 fully saturated rings. The van der Waals surface area contributed by atoms with E-state index in [-0.39, 0.29) is 24.2 Å². The zero-order valence-corrected chi connectivity index (χ0v) is 12.6. The van der Waals surface area contributed by atoms with Gasteiger partial charge in [-0.1, -0.05) is 0 Å². The Labute approximate surface area is 129 Å². The van der Waals surface area contributed by atoms with Gasteiger partial charge in [0.2, 0.25) is 11.8 Å². The summed E-state index contributed by atoms with van der Waals surface area (Å²) in [5, 5.41) is 2.62. The number of nitrogens with one attached hydrogen (secondary N) is 1. The molecule has 1 aliphatic rings. The number of carbonyl (C=O) groups excluding carboxylic acids is 3. The lowest BCUT2D eigenvalue weighted by Gasteiger charge is -2.15. The smallest absolute Gasteiger partial charge is 0.311 e. The monoisotopic (exact) mass is 304 g/mol. The van der Waals surface area contributed by atoms with Crippen LogP contribution in [0.4, 0.5) is 5.69 Å². The number of benzene rings is 1. The standard InChI is InChI=1S/C16H20N2O4/c1-12(19)17-10-2-5-16(21)22-14-8-6-13(7-9-14)18-11-3-4-15(18)20/h6-9H,2-5,10-11H2,1H3,(H,17,19). The van der Waals surface area contributed by atoms with Crippen molar-refractivity contribution in [2.45, 2.75) is 32.6 Å². The normalized spacial score (nSPS) is 14.0. The fraction of sp³-hybridized carbons (Fsp3) is 0.438. The molecule has 2 amide bonds. The molecule has 1 aromatic carbocycles. The van der Waals surface area contributed by atoms with Gasteiger partial charge in [0.05, 0.1) is 0 Å². The number of hydrogen-bond donors (Lipinski definition) is 1. The van der Waals surface area contributed by atoms with Crippen molar-refractivity contribution in [2.75, 3.05) is 18.0 Å². The second-order valence-electron chi connectivity index (χ2n) is 5.20. The molecule has 1 aliphatic heterocycles. The molecule has 1 saturated heterocycles. The molecule has 2 rings (SSSR count). The zero-order valence-electron chi connectivity index (χ0n) is 12.6. The zero-order chi connectivity index (χ0) is 15.9. The van der Waals surface area contributed by atoms with Crippen LogP contribution in [0.15, 0.2) is 24.3 Å². The van der Waals surface area contributed by atoms with Crippen LogP contribution < -0.4 is 15.0 Å². The van der Waals surface area contributed by atoms with Crippen LogP contribution in [0.2, 0.25) is 0 Å². The van der Waals surface area contributed by atoms with Crippen molar-refractivity contribution in [3.63, 3.8) is 0 Å². The van der Waals surface area contributed by atoms with E-state index in [1.165, 1.54) is 6.92 Å². The molecule has 0 unspecified atom stereocenters. The van der Waals surface area contributed by atoms with E-state index in [4.69, 9.17) is 4.74 Å². The van der Waals surface area contributed by atoms with Crippen LogP contribution in [0.25, 0.3) is 0 Å². The van der Waals surface area contributed by atoms with Crippen molar-refractivity contribution in [2.24, 2.45) is 0 Å². The molecule has 6 heteroatoms. The Kier molecular flexibility index (Phi) is 5.52. The van der Waals surface area contributed by atoms with Gasteiger partial charge in [0.15, 0.2) is 0 Å². The third kappa shape index (κ3) is 4.58. The number of carbonyl (C=O) groups is 3. The van der Waals surface area contributed by atoms with E-state index in [1.54, 1.807) is 29.2 Å². The number of anilines is 1. The Balaban J connectivity index is 1.79. The van der Waals surface area contributed by atoms with E-state index in [1.807, 2.05) is 0 Å². The molecule has 118 valence electrons. The van der Waals surface area contributed by atoms with Crippen LogP contribution in [0, 0.1) is 0 Å². The maximum absolute atomic E-state index is 11.7. The lowest BCUT2D eigenvalue weighted by atomic mass is 10.2. The van der Waals surface area contributed by atoms with Gasteiger partial charge < -0.3 is 15.0 Å². The van der Waals surface area contributed by atoms with Gasteiger partial charge >= 0.3 is 5.97 Å². The molecule has 1 aromatic rings. The number of esters is 1. The maximum Gasteiger partial charge on any atom is 0.311 e. The van der Waals surface area contributed by atoms with Crippen molar-refractivity contribution >= 4 is 23.5 Å². The minimum absolute atomic E-state index is 0.111. The molecule has 1 heterocycles. The molecule has 6 nitrogen and oxygen atoms in total. The number of amides is 2. The molecular formula is C16H20N2O4. The summed E-state index contributed by atoms with van der Waals surface area (Å²) in [5.74, 6) is 0.137. The second kappa shape index (κ2) is 7.59. The minimum atomic E-state index is -0.338. The summed E-state index contributed by atoms with van der Waals surface area (Å²) >= 11 is 0. The predicted octanol–water partition coefficient (Wildman–Crippen LogP) is 1.64. The highest BCUT2D eigenvalue weighted by Crippen LogP contribution is 2.24. The van der Waals surface area contributed by atoms with Crippen LogP contribution in [0.1, 0.15) is 32.6 Å². The molecule has 0 saturated carbocycles. The Morgan fingerprint density at radius 3 is 2.59 bits per heavy atom. The first-order valence-electron chi connectivity index (χ1n) is 7.42. The highest BCUT2D eigenvalue weighted by molar-refractivity contribution is 5.95. The molecule has 0 bridgehead atoms. The van der Waals surface area contributed by atoms with E-state index < -0.39 is 0 Å². The number of hydrogen-bond acceptors (Lipinski definition) is 4. The Morgan fingerprint density at radius 1 is 1.27 bits per heavy atom. The fourth-order valence-electron chi connectivity index (χ4n) is 2.29. The summed E-state index contributed by atoms with van der Waals surface area (Å²) in [7, 11) is 0. The summed E-state index contributed by atoms with van der Waals surface area (Å²) in [6.45, 7) is 2.63.